The summed E-state index contributed by atoms with van der Waals surface area (Å²) >= 11 is 0. The average Bonchev–Trinajstić information content (AvgIpc) is 3.12. The highest BCUT2D eigenvalue weighted by Gasteiger charge is 2.37. The number of β-amino-alcohol motifs (C(OH)–C–C–N with tert-alkyl or cyclic N) is 1. The molecule has 0 saturated carbocycles. The molecule has 0 spiro atoms. The highest BCUT2D eigenvalue weighted by Crippen LogP contribution is 2.34. The normalized spacial score (nSPS) is 20.6. The second-order valence-corrected chi connectivity index (χ2v) is 5.92. The number of carbonyl (C=O) groups excluding carboxylic acids is 1. The Balaban J connectivity index is 1.93. The number of aliphatic hydroxyl groups excluding tert-OH is 2. The van der Waals surface area contributed by atoms with E-state index in [9.17, 15) is 18.7 Å². The van der Waals surface area contributed by atoms with Crippen LogP contribution in [0.3, 0.4) is 0 Å². The lowest BCUT2D eigenvalue weighted by atomic mass is 10.0. The fourth-order valence-electron chi connectivity index (χ4n) is 3.04. The van der Waals surface area contributed by atoms with E-state index in [1.54, 1.807) is 13.0 Å². The summed E-state index contributed by atoms with van der Waals surface area (Å²) in [6.07, 6.45) is -0.539. The molecule has 5 nitrogen and oxygen atoms in total. The fourth-order valence-corrected chi connectivity index (χ4v) is 3.04. The van der Waals surface area contributed by atoms with Crippen molar-refractivity contribution in [1.29, 1.82) is 0 Å². The van der Waals surface area contributed by atoms with E-state index in [-0.39, 0.29) is 31.1 Å². The maximum Gasteiger partial charge on any atom is 0.290 e. The molecular weight excluding hydrogens is 320 g/mol. The van der Waals surface area contributed by atoms with E-state index in [4.69, 9.17) is 9.52 Å². The Morgan fingerprint density at radius 1 is 1.33 bits per heavy atom. The Morgan fingerprint density at radius 2 is 2.08 bits per heavy atom. The summed E-state index contributed by atoms with van der Waals surface area (Å²) in [7, 11) is 0. The summed E-state index contributed by atoms with van der Waals surface area (Å²) in [5.41, 5.74) is 0.972. The van der Waals surface area contributed by atoms with Gasteiger partial charge < -0.3 is 19.5 Å². The maximum absolute atomic E-state index is 13.5. The minimum absolute atomic E-state index is 0.0666. The van der Waals surface area contributed by atoms with E-state index in [0.29, 0.717) is 11.1 Å². The van der Waals surface area contributed by atoms with E-state index in [1.165, 1.54) is 11.0 Å². The van der Waals surface area contributed by atoms with Gasteiger partial charge >= 0.3 is 0 Å². The predicted octanol–water partition coefficient (Wildman–Crippen LogP) is 2.31. The molecule has 3 rings (SSSR count). The molecule has 1 aliphatic rings. The van der Waals surface area contributed by atoms with Gasteiger partial charge in [0.25, 0.3) is 5.91 Å². The maximum atomic E-state index is 13.5. The van der Waals surface area contributed by atoms with Crippen molar-refractivity contribution in [2.45, 2.75) is 32.1 Å². The predicted molar refractivity (Wildman–Crippen MR) is 80.1 cm³/mol. The third-order valence-corrected chi connectivity index (χ3v) is 4.19. The van der Waals surface area contributed by atoms with Crippen molar-refractivity contribution in [1.82, 2.24) is 4.90 Å². The minimum Gasteiger partial charge on any atom is -0.453 e. The standard InChI is InChI=1S/C17H17F2NO4/c1-9-4-12(8-21)24-16(9)17(23)20-7-11(22)6-15(20)10-2-3-13(18)14(19)5-10/h2-5,11,15,21-22H,6-8H2,1H3/t11-,15+/m0/s1. The topological polar surface area (TPSA) is 73.9 Å². The molecule has 0 aliphatic carbocycles. The molecule has 2 atom stereocenters. The van der Waals surface area contributed by atoms with Gasteiger partial charge in [-0.25, -0.2) is 8.78 Å². The average molecular weight is 337 g/mol. The number of hydrogen-bond acceptors (Lipinski definition) is 4. The van der Waals surface area contributed by atoms with E-state index in [1.807, 2.05) is 0 Å². The first-order chi connectivity index (χ1) is 11.4. The van der Waals surface area contributed by atoms with Crippen molar-refractivity contribution in [2.75, 3.05) is 6.54 Å². The molecular formula is C17H17F2NO4. The van der Waals surface area contributed by atoms with Crippen LogP contribution in [-0.4, -0.2) is 33.7 Å². The molecule has 1 fully saturated rings. The second kappa shape index (κ2) is 6.33. The second-order valence-electron chi connectivity index (χ2n) is 5.92. The quantitative estimate of drug-likeness (QED) is 0.901. The lowest BCUT2D eigenvalue weighted by Crippen LogP contribution is -2.32. The Kier molecular flexibility index (Phi) is 4.38. The lowest BCUT2D eigenvalue weighted by molar-refractivity contribution is 0.0678. The third-order valence-electron chi connectivity index (χ3n) is 4.19. The smallest absolute Gasteiger partial charge is 0.290 e. The number of aliphatic hydroxyl groups is 2. The Hall–Kier alpha value is -2.25. The molecule has 0 unspecified atom stereocenters. The van der Waals surface area contributed by atoms with Crippen LogP contribution in [0.2, 0.25) is 0 Å². The summed E-state index contributed by atoms with van der Waals surface area (Å²) in [5, 5.41) is 19.1. The van der Waals surface area contributed by atoms with Crippen molar-refractivity contribution >= 4 is 5.91 Å². The molecule has 0 bridgehead atoms. The Labute approximate surface area is 137 Å². The summed E-state index contributed by atoms with van der Waals surface area (Å²) < 4.78 is 32.0. The van der Waals surface area contributed by atoms with Gasteiger partial charge in [0.1, 0.15) is 12.4 Å². The lowest BCUT2D eigenvalue weighted by Gasteiger charge is -2.24. The fraction of sp³-hybridized carbons (Fsp3) is 0.353. The number of likely N-dealkylation sites (tertiary alicyclic amines) is 1. The highest BCUT2D eigenvalue weighted by atomic mass is 19.2. The molecule has 2 N–H and O–H groups in total. The molecule has 1 saturated heterocycles. The molecule has 2 heterocycles. The van der Waals surface area contributed by atoms with E-state index in [2.05, 4.69) is 0 Å². The number of halogens is 2. The third kappa shape index (κ3) is 2.92. The van der Waals surface area contributed by atoms with Gasteiger partial charge in [0, 0.05) is 12.1 Å². The zero-order valence-corrected chi connectivity index (χ0v) is 13.0. The molecule has 7 heteroatoms. The van der Waals surface area contributed by atoms with Gasteiger partial charge in [0.15, 0.2) is 17.4 Å². The zero-order valence-electron chi connectivity index (χ0n) is 13.0. The summed E-state index contributed by atoms with van der Waals surface area (Å²) in [4.78, 5) is 14.1. The molecule has 24 heavy (non-hydrogen) atoms. The van der Waals surface area contributed by atoms with Gasteiger partial charge in [-0.15, -0.1) is 0 Å². The largest absolute Gasteiger partial charge is 0.453 e. The van der Waals surface area contributed by atoms with Crippen molar-refractivity contribution in [3.8, 4) is 0 Å². The number of amides is 1. The molecule has 1 amide bonds. The summed E-state index contributed by atoms with van der Waals surface area (Å²) in [6.45, 7) is 1.41. The van der Waals surface area contributed by atoms with Gasteiger partial charge in [-0.05, 0) is 37.1 Å². The van der Waals surface area contributed by atoms with Crippen LogP contribution in [0.25, 0.3) is 0 Å². The molecule has 1 aromatic carbocycles. The molecule has 1 aromatic heterocycles. The van der Waals surface area contributed by atoms with Crippen molar-refractivity contribution in [2.24, 2.45) is 0 Å². The van der Waals surface area contributed by atoms with Crippen molar-refractivity contribution in [3.63, 3.8) is 0 Å². The molecule has 128 valence electrons. The molecule has 2 aromatic rings. The first-order valence-electron chi connectivity index (χ1n) is 7.55. The van der Waals surface area contributed by atoms with Crippen LogP contribution in [0.5, 0.6) is 0 Å². The highest BCUT2D eigenvalue weighted by molar-refractivity contribution is 5.93. The van der Waals surface area contributed by atoms with Crippen LogP contribution >= 0.6 is 0 Å². The zero-order chi connectivity index (χ0) is 17.4. The first-order valence-corrected chi connectivity index (χ1v) is 7.55. The number of rotatable bonds is 3. The number of hydrogen-bond donors (Lipinski definition) is 2. The number of benzene rings is 1. The van der Waals surface area contributed by atoms with Crippen molar-refractivity contribution < 1.29 is 28.2 Å². The summed E-state index contributed by atoms with van der Waals surface area (Å²) in [5.74, 6) is -2.10. The van der Waals surface area contributed by atoms with Crippen LogP contribution in [0, 0.1) is 18.6 Å². The van der Waals surface area contributed by atoms with Gasteiger partial charge in [-0.1, -0.05) is 6.07 Å². The Morgan fingerprint density at radius 3 is 2.71 bits per heavy atom. The van der Waals surface area contributed by atoms with Gasteiger partial charge in [0.2, 0.25) is 0 Å². The van der Waals surface area contributed by atoms with E-state index in [0.717, 1.165) is 12.1 Å². The van der Waals surface area contributed by atoms with Crippen molar-refractivity contribution in [3.05, 3.63) is 58.5 Å². The number of aryl methyl sites for hydroxylation is 1. The number of carbonyl (C=O) groups is 1. The molecule has 0 radical (unpaired) electrons. The van der Waals surface area contributed by atoms with Crippen LogP contribution in [-0.2, 0) is 6.61 Å². The monoisotopic (exact) mass is 337 g/mol. The van der Waals surface area contributed by atoms with Gasteiger partial charge in [0.05, 0.1) is 12.1 Å². The van der Waals surface area contributed by atoms with Gasteiger partial charge in [-0.2, -0.15) is 0 Å². The van der Waals surface area contributed by atoms with Gasteiger partial charge in [-0.3, -0.25) is 4.79 Å². The van der Waals surface area contributed by atoms with Crippen LogP contribution in [0.15, 0.2) is 28.7 Å². The molecule has 1 aliphatic heterocycles. The first kappa shape index (κ1) is 16.6. The van der Waals surface area contributed by atoms with E-state index >= 15 is 0 Å². The SMILES string of the molecule is Cc1cc(CO)oc1C(=O)N1C[C@@H](O)C[C@@H]1c1ccc(F)c(F)c1. The summed E-state index contributed by atoms with van der Waals surface area (Å²) in [6, 6.07) is 4.42. The van der Waals surface area contributed by atoms with E-state index < -0.39 is 29.7 Å². The van der Waals surface area contributed by atoms with Crippen LogP contribution in [0.4, 0.5) is 8.78 Å². The number of furan rings is 1. The Bertz CT molecular complexity index is 774. The van der Waals surface area contributed by atoms with Crippen LogP contribution < -0.4 is 0 Å². The minimum atomic E-state index is -1.00. The van der Waals surface area contributed by atoms with Crippen LogP contribution in [0.1, 0.15) is 39.9 Å². The number of nitrogens with zero attached hydrogens (tertiary/aromatic N) is 1.